The Balaban J connectivity index is 1.16. The zero-order valence-electron chi connectivity index (χ0n) is 35.2. The van der Waals surface area contributed by atoms with Crippen molar-refractivity contribution in [2.24, 2.45) is 0 Å². The highest BCUT2D eigenvalue weighted by Crippen LogP contribution is 2.47. The Bertz CT molecular complexity index is 3120. The molecule has 1 aromatic heterocycles. The summed E-state index contributed by atoms with van der Waals surface area (Å²) in [6.45, 7) is 0. The highest BCUT2D eigenvalue weighted by Gasteiger charge is 2.24. The van der Waals surface area contributed by atoms with Gasteiger partial charge < -0.3 is 19.3 Å². The zero-order chi connectivity index (χ0) is 42.7. The fourth-order valence-corrected chi connectivity index (χ4v) is 9.15. The molecule has 4 heteroatoms. The standard InChI is InChI=1S/C60H44N4/c1-6-23-45(24-7-1)61(46-25-8-2-9-26-46)50-33-20-35-52(43-50)63(53-36-21-34-51(44-53)62(47-27-10-3-11-28-47)48-29-12-4-13-30-48)58-41-18-16-37-54(58)56-39-22-40-57-55-38-17-19-42-59(55)64(60(56)57)49-31-14-5-15-32-49/h1-44H. The first kappa shape index (κ1) is 38.3. The number of nitrogens with zero attached hydrogens (tertiary/aromatic N) is 4. The lowest BCUT2D eigenvalue weighted by atomic mass is 9.98. The molecule has 10 aromatic carbocycles. The molecule has 0 N–H and O–H groups in total. The molecule has 0 spiro atoms. The van der Waals surface area contributed by atoms with Crippen molar-refractivity contribution in [3.63, 3.8) is 0 Å². The average Bonchev–Trinajstić information content (AvgIpc) is 3.71. The predicted molar refractivity (Wildman–Crippen MR) is 270 cm³/mol. The summed E-state index contributed by atoms with van der Waals surface area (Å²) in [5, 5.41) is 2.44. The average molecular weight is 821 g/mol. The van der Waals surface area contributed by atoms with Crippen molar-refractivity contribution in [2.45, 2.75) is 0 Å². The van der Waals surface area contributed by atoms with Gasteiger partial charge in [-0.15, -0.1) is 0 Å². The van der Waals surface area contributed by atoms with Crippen LogP contribution in [0.3, 0.4) is 0 Å². The van der Waals surface area contributed by atoms with E-state index < -0.39 is 0 Å². The molecule has 0 amide bonds. The third-order valence-corrected chi connectivity index (χ3v) is 11.9. The van der Waals surface area contributed by atoms with E-state index >= 15 is 0 Å². The van der Waals surface area contributed by atoms with Crippen molar-refractivity contribution in [2.75, 3.05) is 14.7 Å². The van der Waals surface area contributed by atoms with E-state index in [0.29, 0.717) is 0 Å². The number of fused-ring (bicyclic) bond motifs is 3. The minimum atomic E-state index is 1.03. The molecule has 4 nitrogen and oxygen atoms in total. The predicted octanol–water partition coefficient (Wildman–Crippen LogP) is 16.9. The molecule has 0 aliphatic carbocycles. The van der Waals surface area contributed by atoms with Crippen molar-refractivity contribution in [1.82, 2.24) is 4.57 Å². The van der Waals surface area contributed by atoms with E-state index in [4.69, 9.17) is 0 Å². The minimum Gasteiger partial charge on any atom is -0.310 e. The van der Waals surface area contributed by atoms with E-state index in [1.807, 2.05) is 0 Å². The van der Waals surface area contributed by atoms with Gasteiger partial charge in [-0.05, 0) is 109 Å². The molecule has 1 heterocycles. The van der Waals surface area contributed by atoms with Crippen molar-refractivity contribution in [3.05, 3.63) is 267 Å². The molecule has 304 valence electrons. The molecule has 0 atom stereocenters. The Hall–Kier alpha value is -8.60. The lowest BCUT2D eigenvalue weighted by Gasteiger charge is -2.32. The lowest BCUT2D eigenvalue weighted by Crippen LogP contribution is -2.15. The van der Waals surface area contributed by atoms with Crippen LogP contribution in [0.25, 0.3) is 38.6 Å². The summed E-state index contributed by atoms with van der Waals surface area (Å²) in [4.78, 5) is 7.09. The van der Waals surface area contributed by atoms with Gasteiger partial charge >= 0.3 is 0 Å². The Labute approximate surface area is 374 Å². The Kier molecular flexibility index (Phi) is 10.2. The molecule has 0 fully saturated rings. The largest absolute Gasteiger partial charge is 0.310 e. The second kappa shape index (κ2) is 17.0. The van der Waals surface area contributed by atoms with Gasteiger partial charge in [-0.3, -0.25) is 0 Å². The molecular weight excluding hydrogens is 777 g/mol. The fraction of sp³-hybridized carbons (Fsp3) is 0. The second-order valence-electron chi connectivity index (χ2n) is 15.8. The molecule has 0 unspecified atom stereocenters. The summed E-state index contributed by atoms with van der Waals surface area (Å²) in [6, 6.07) is 95.4. The summed E-state index contributed by atoms with van der Waals surface area (Å²) >= 11 is 0. The number of para-hydroxylation sites is 8. The summed E-state index contributed by atoms with van der Waals surface area (Å²) in [6.07, 6.45) is 0. The maximum atomic E-state index is 2.43. The number of anilines is 9. The first-order valence-electron chi connectivity index (χ1n) is 21.8. The maximum absolute atomic E-state index is 2.43. The van der Waals surface area contributed by atoms with Crippen molar-refractivity contribution in [3.8, 4) is 16.8 Å². The van der Waals surface area contributed by atoms with E-state index in [1.54, 1.807) is 0 Å². The van der Waals surface area contributed by atoms with E-state index in [-0.39, 0.29) is 0 Å². The quantitative estimate of drug-likeness (QED) is 0.129. The number of hydrogen-bond acceptors (Lipinski definition) is 3. The molecule has 11 aromatic rings. The molecule has 0 saturated heterocycles. The van der Waals surface area contributed by atoms with Crippen molar-refractivity contribution in [1.29, 1.82) is 0 Å². The van der Waals surface area contributed by atoms with Crippen molar-refractivity contribution < 1.29 is 0 Å². The lowest BCUT2D eigenvalue weighted by molar-refractivity contribution is 1.18. The normalized spacial score (nSPS) is 11.1. The van der Waals surface area contributed by atoms with Crippen LogP contribution in [0.5, 0.6) is 0 Å². The van der Waals surface area contributed by atoms with Crippen LogP contribution < -0.4 is 14.7 Å². The van der Waals surface area contributed by atoms with Crippen LogP contribution in [0.4, 0.5) is 51.2 Å². The first-order valence-corrected chi connectivity index (χ1v) is 21.8. The highest BCUT2D eigenvalue weighted by atomic mass is 15.2. The molecule has 0 saturated carbocycles. The number of rotatable bonds is 11. The van der Waals surface area contributed by atoms with Gasteiger partial charge in [0, 0.05) is 73.1 Å². The van der Waals surface area contributed by atoms with Crippen LogP contribution in [0.15, 0.2) is 267 Å². The molecule has 64 heavy (non-hydrogen) atoms. The van der Waals surface area contributed by atoms with Crippen LogP contribution in [-0.4, -0.2) is 4.57 Å². The topological polar surface area (TPSA) is 14.7 Å². The number of aromatic nitrogens is 1. The number of hydrogen-bond donors (Lipinski definition) is 0. The SMILES string of the molecule is c1ccc(N(c2ccccc2)c2cccc(N(c3cccc(N(c4ccccc4)c4ccccc4)c3)c3ccccc3-c3cccc4c5ccccc5n(-c5ccccc5)c34)c2)cc1. The minimum absolute atomic E-state index is 1.03. The van der Waals surface area contributed by atoms with Crippen LogP contribution in [0, 0.1) is 0 Å². The molecule has 0 bridgehead atoms. The summed E-state index contributed by atoms with van der Waals surface area (Å²) in [7, 11) is 0. The van der Waals surface area contributed by atoms with Gasteiger partial charge in [0.1, 0.15) is 0 Å². The summed E-state index contributed by atoms with van der Waals surface area (Å²) in [5.41, 5.74) is 15.3. The maximum Gasteiger partial charge on any atom is 0.0620 e. The molecule has 0 aliphatic heterocycles. The molecular formula is C60H44N4. The van der Waals surface area contributed by atoms with E-state index in [0.717, 1.165) is 68.0 Å². The third kappa shape index (κ3) is 7.13. The van der Waals surface area contributed by atoms with Gasteiger partial charge in [-0.2, -0.15) is 0 Å². The second-order valence-corrected chi connectivity index (χ2v) is 15.8. The van der Waals surface area contributed by atoms with Crippen LogP contribution in [-0.2, 0) is 0 Å². The molecule has 0 radical (unpaired) electrons. The van der Waals surface area contributed by atoms with E-state index in [9.17, 15) is 0 Å². The van der Waals surface area contributed by atoms with Gasteiger partial charge in [0.2, 0.25) is 0 Å². The monoisotopic (exact) mass is 820 g/mol. The fourth-order valence-electron chi connectivity index (χ4n) is 9.15. The smallest absolute Gasteiger partial charge is 0.0620 e. The van der Waals surface area contributed by atoms with Gasteiger partial charge in [-0.1, -0.05) is 158 Å². The zero-order valence-corrected chi connectivity index (χ0v) is 35.2. The van der Waals surface area contributed by atoms with Crippen molar-refractivity contribution >= 4 is 73.0 Å². The Morgan fingerprint density at radius 1 is 0.250 bits per heavy atom. The molecule has 11 rings (SSSR count). The molecule has 0 aliphatic rings. The van der Waals surface area contributed by atoms with Gasteiger partial charge in [0.05, 0.1) is 16.7 Å². The van der Waals surface area contributed by atoms with Gasteiger partial charge in [0.15, 0.2) is 0 Å². The van der Waals surface area contributed by atoms with Crippen LogP contribution >= 0.6 is 0 Å². The van der Waals surface area contributed by atoms with Gasteiger partial charge in [0.25, 0.3) is 0 Å². The van der Waals surface area contributed by atoms with E-state index in [1.165, 1.54) is 21.8 Å². The number of benzene rings is 10. The van der Waals surface area contributed by atoms with Gasteiger partial charge in [-0.25, -0.2) is 0 Å². The summed E-state index contributed by atoms with van der Waals surface area (Å²) < 4.78 is 2.43. The third-order valence-electron chi connectivity index (χ3n) is 11.9. The summed E-state index contributed by atoms with van der Waals surface area (Å²) in [5.74, 6) is 0. The van der Waals surface area contributed by atoms with E-state index in [2.05, 4.69) is 286 Å². The Morgan fingerprint density at radius 3 is 1.12 bits per heavy atom. The first-order chi connectivity index (χ1) is 31.8. The highest BCUT2D eigenvalue weighted by molar-refractivity contribution is 6.14. The van der Waals surface area contributed by atoms with Crippen LogP contribution in [0.2, 0.25) is 0 Å². The Morgan fingerprint density at radius 2 is 0.609 bits per heavy atom. The van der Waals surface area contributed by atoms with Crippen LogP contribution in [0.1, 0.15) is 0 Å².